The summed E-state index contributed by atoms with van der Waals surface area (Å²) in [6, 6.07) is 0. The molecule has 2 amide bonds. The first-order chi connectivity index (χ1) is 10.5. The van der Waals surface area contributed by atoms with Crippen molar-refractivity contribution in [3.05, 3.63) is 12.2 Å². The first kappa shape index (κ1) is 15.5. The number of nitrogens with one attached hydrogen (secondary N) is 2. The molecule has 2 N–H and O–H groups in total. The van der Waals surface area contributed by atoms with Crippen LogP contribution in [0, 0.1) is 11.8 Å². The zero-order valence-corrected chi connectivity index (χ0v) is 13.7. The van der Waals surface area contributed by atoms with Gasteiger partial charge >= 0.3 is 0 Å². The van der Waals surface area contributed by atoms with Gasteiger partial charge < -0.3 is 19.6 Å². The molecule has 0 unspecified atom stereocenters. The molecule has 3 aliphatic rings. The molecule has 3 rings (SSSR count). The molecule has 0 aromatic carbocycles. The maximum atomic E-state index is 12.6. The van der Waals surface area contributed by atoms with E-state index in [-0.39, 0.29) is 23.7 Å². The van der Waals surface area contributed by atoms with Crippen molar-refractivity contribution < 1.29 is 19.4 Å². The molecule has 22 heavy (non-hydrogen) atoms. The molecule has 0 radical (unpaired) electrons. The smallest absolute Gasteiger partial charge is 0.231 e. The Morgan fingerprint density at radius 3 is 1.50 bits per heavy atom. The van der Waals surface area contributed by atoms with Crippen LogP contribution in [-0.2, 0) is 9.59 Å². The summed E-state index contributed by atoms with van der Waals surface area (Å²) < 4.78 is 0. The Morgan fingerprint density at radius 1 is 0.864 bits per heavy atom. The number of carbonyl (C=O) groups excluding carboxylic acids is 2. The number of likely N-dealkylation sites (N-methyl/N-ethyl adjacent to an activating group) is 2. The number of amides is 2. The van der Waals surface area contributed by atoms with Gasteiger partial charge in [0.25, 0.3) is 0 Å². The fraction of sp³-hybridized carbons (Fsp3) is 0.750. The van der Waals surface area contributed by atoms with Crippen molar-refractivity contribution in [3.8, 4) is 0 Å². The molecule has 3 fully saturated rings. The van der Waals surface area contributed by atoms with Crippen LogP contribution >= 0.6 is 0 Å². The van der Waals surface area contributed by atoms with E-state index in [9.17, 15) is 9.59 Å². The second kappa shape index (κ2) is 6.01. The van der Waals surface area contributed by atoms with Crippen LogP contribution < -0.4 is 9.80 Å². The van der Waals surface area contributed by atoms with E-state index < -0.39 is 0 Å². The lowest BCUT2D eigenvalue weighted by Crippen LogP contribution is -3.12. The molecule has 122 valence electrons. The van der Waals surface area contributed by atoms with Gasteiger partial charge in [0, 0.05) is 0 Å². The zero-order valence-electron chi connectivity index (χ0n) is 13.7. The Kier molecular flexibility index (Phi) is 4.23. The van der Waals surface area contributed by atoms with Crippen molar-refractivity contribution in [2.45, 2.75) is 0 Å². The highest BCUT2D eigenvalue weighted by atomic mass is 16.2. The molecule has 6 nitrogen and oxygen atoms in total. The predicted octanol–water partition coefficient (Wildman–Crippen LogP) is -3.50. The standard InChI is InChI=1S/C16H26N4O2/c1-12-13(15(21)19-8-4-17(2)5-9-19)14(12)16(22)20-10-6-18(3)7-11-20/h13-14H,1,4-11H2,2-3H3/p+2/t13-,14+. The molecular formula is C16H28N4O2+2. The van der Waals surface area contributed by atoms with Crippen molar-refractivity contribution >= 4 is 11.8 Å². The Morgan fingerprint density at radius 2 is 1.18 bits per heavy atom. The molecule has 0 spiro atoms. The molecule has 2 saturated heterocycles. The molecule has 6 heteroatoms. The number of piperazine rings is 2. The van der Waals surface area contributed by atoms with Crippen LogP contribution in [0.5, 0.6) is 0 Å². The Hall–Kier alpha value is -1.40. The van der Waals surface area contributed by atoms with E-state index in [0.717, 1.165) is 57.9 Å². The normalized spacial score (nSPS) is 30.5. The minimum atomic E-state index is -0.252. The fourth-order valence-electron chi connectivity index (χ4n) is 3.53. The maximum absolute atomic E-state index is 12.6. The average Bonchev–Trinajstić information content (AvgIpc) is 3.18. The van der Waals surface area contributed by atoms with Gasteiger partial charge in [0.15, 0.2) is 0 Å². The van der Waals surface area contributed by atoms with E-state index in [1.807, 2.05) is 9.80 Å². The fourth-order valence-corrected chi connectivity index (χ4v) is 3.53. The molecule has 0 aromatic rings. The Bertz CT molecular complexity index is 435. The third kappa shape index (κ3) is 2.90. The third-order valence-corrected chi connectivity index (χ3v) is 5.41. The van der Waals surface area contributed by atoms with Gasteiger partial charge in [0.05, 0.1) is 78.3 Å². The summed E-state index contributed by atoms with van der Waals surface area (Å²) in [6.45, 7) is 11.1. The van der Waals surface area contributed by atoms with Crippen molar-refractivity contribution in [2.24, 2.45) is 11.8 Å². The van der Waals surface area contributed by atoms with E-state index in [2.05, 4.69) is 20.7 Å². The van der Waals surface area contributed by atoms with Crippen molar-refractivity contribution in [2.75, 3.05) is 66.5 Å². The van der Waals surface area contributed by atoms with E-state index in [1.54, 1.807) is 0 Å². The van der Waals surface area contributed by atoms with Crippen LogP contribution in [0.25, 0.3) is 0 Å². The topological polar surface area (TPSA) is 49.5 Å². The summed E-state index contributed by atoms with van der Waals surface area (Å²) in [6.07, 6.45) is 0. The van der Waals surface area contributed by atoms with Gasteiger partial charge in [0.2, 0.25) is 11.8 Å². The molecule has 2 aliphatic heterocycles. The molecule has 0 bridgehead atoms. The van der Waals surface area contributed by atoms with Gasteiger partial charge in [-0.15, -0.1) is 0 Å². The summed E-state index contributed by atoms with van der Waals surface area (Å²) in [5.74, 6) is -0.262. The molecule has 1 saturated carbocycles. The summed E-state index contributed by atoms with van der Waals surface area (Å²) in [5.41, 5.74) is 0.826. The highest BCUT2D eigenvalue weighted by molar-refractivity contribution is 5.99. The van der Waals surface area contributed by atoms with E-state index in [4.69, 9.17) is 0 Å². The second-order valence-electron chi connectivity index (χ2n) is 7.10. The summed E-state index contributed by atoms with van der Waals surface area (Å²) in [5, 5.41) is 0. The third-order valence-electron chi connectivity index (χ3n) is 5.41. The number of nitrogens with zero attached hydrogens (tertiary/aromatic N) is 2. The van der Waals surface area contributed by atoms with E-state index in [1.165, 1.54) is 9.80 Å². The average molecular weight is 308 g/mol. The van der Waals surface area contributed by atoms with E-state index in [0.29, 0.717) is 0 Å². The molecule has 2 heterocycles. The molecule has 2 atom stereocenters. The van der Waals surface area contributed by atoms with Crippen LogP contribution in [0.1, 0.15) is 0 Å². The summed E-state index contributed by atoms with van der Waals surface area (Å²) >= 11 is 0. The number of carbonyl (C=O) groups is 2. The van der Waals surface area contributed by atoms with Crippen LogP contribution in [0.4, 0.5) is 0 Å². The minimum absolute atomic E-state index is 0.121. The lowest BCUT2D eigenvalue weighted by atomic mass is 10.2. The first-order valence-electron chi connectivity index (χ1n) is 8.38. The Labute approximate surface area is 132 Å². The van der Waals surface area contributed by atoms with Gasteiger partial charge in [0.1, 0.15) is 0 Å². The van der Waals surface area contributed by atoms with Crippen LogP contribution in [0.15, 0.2) is 12.2 Å². The van der Waals surface area contributed by atoms with E-state index >= 15 is 0 Å². The minimum Gasteiger partial charge on any atom is -0.334 e. The zero-order chi connectivity index (χ0) is 15.9. The number of hydrogen-bond acceptors (Lipinski definition) is 2. The largest absolute Gasteiger partial charge is 0.334 e. The lowest BCUT2D eigenvalue weighted by molar-refractivity contribution is -0.883. The maximum Gasteiger partial charge on any atom is 0.231 e. The predicted molar refractivity (Wildman–Crippen MR) is 82.5 cm³/mol. The van der Waals surface area contributed by atoms with Gasteiger partial charge in [-0.1, -0.05) is 12.2 Å². The van der Waals surface area contributed by atoms with Crippen LogP contribution in [0.3, 0.4) is 0 Å². The summed E-state index contributed by atoms with van der Waals surface area (Å²) in [7, 11) is 4.30. The van der Waals surface area contributed by atoms with Crippen molar-refractivity contribution in [1.29, 1.82) is 0 Å². The van der Waals surface area contributed by atoms with Gasteiger partial charge in [-0.25, -0.2) is 0 Å². The number of hydrogen-bond donors (Lipinski definition) is 2. The first-order valence-corrected chi connectivity index (χ1v) is 8.38. The molecule has 1 aliphatic carbocycles. The SMILES string of the molecule is C=C1[C@H](C(=O)N2CC[NH+](C)CC2)[C@@H]1C(=O)N1CC[NH+](C)CC1. The highest BCUT2D eigenvalue weighted by Crippen LogP contribution is 2.46. The quantitative estimate of drug-likeness (QED) is 0.520. The van der Waals surface area contributed by atoms with Crippen molar-refractivity contribution in [3.63, 3.8) is 0 Å². The summed E-state index contributed by atoms with van der Waals surface area (Å²) in [4.78, 5) is 32.0. The number of rotatable bonds is 2. The van der Waals surface area contributed by atoms with Gasteiger partial charge in [-0.3, -0.25) is 9.59 Å². The monoisotopic (exact) mass is 308 g/mol. The van der Waals surface area contributed by atoms with Crippen molar-refractivity contribution in [1.82, 2.24) is 9.80 Å². The second-order valence-corrected chi connectivity index (χ2v) is 7.10. The number of quaternary nitrogens is 2. The molecular weight excluding hydrogens is 280 g/mol. The van der Waals surface area contributed by atoms with Crippen LogP contribution in [0.2, 0.25) is 0 Å². The Balaban J connectivity index is 1.57. The van der Waals surface area contributed by atoms with Gasteiger partial charge in [-0.2, -0.15) is 0 Å². The highest BCUT2D eigenvalue weighted by Gasteiger charge is 2.55. The lowest BCUT2D eigenvalue weighted by Gasteiger charge is -2.31. The van der Waals surface area contributed by atoms with Gasteiger partial charge in [-0.05, 0) is 0 Å². The molecule has 0 aromatic heterocycles. The van der Waals surface area contributed by atoms with Crippen LogP contribution in [-0.4, -0.2) is 88.1 Å².